The standard InChI is InChI=1S/C26H29N5O2/c32-24(20-9-5-2-6-10-20)30-22(17-19-7-3-1-4-8-19)25(33)31-15-12-26(13-16-31)23-21(11-14-29-26)27-18-28-23/h1-10,18,22,29H,11-17H2,(H,27,28)(H,30,32). The lowest BCUT2D eigenvalue weighted by Crippen LogP contribution is -2.58. The maximum Gasteiger partial charge on any atom is 0.251 e. The Balaban J connectivity index is 1.31. The number of nitrogens with zero attached hydrogens (tertiary/aromatic N) is 2. The molecule has 2 aromatic carbocycles. The van der Waals surface area contributed by atoms with Gasteiger partial charge in [-0.15, -0.1) is 0 Å². The van der Waals surface area contributed by atoms with Crippen LogP contribution in [-0.4, -0.2) is 52.4 Å². The second-order valence-electron chi connectivity index (χ2n) is 8.90. The van der Waals surface area contributed by atoms with E-state index in [4.69, 9.17) is 0 Å². The average molecular weight is 444 g/mol. The molecule has 0 bridgehead atoms. The molecular weight excluding hydrogens is 414 g/mol. The highest BCUT2D eigenvalue weighted by Gasteiger charge is 2.42. The van der Waals surface area contributed by atoms with Gasteiger partial charge in [-0.05, 0) is 30.5 Å². The summed E-state index contributed by atoms with van der Waals surface area (Å²) < 4.78 is 0. The van der Waals surface area contributed by atoms with Crippen molar-refractivity contribution in [1.29, 1.82) is 0 Å². The van der Waals surface area contributed by atoms with Crippen LogP contribution in [-0.2, 0) is 23.2 Å². The van der Waals surface area contributed by atoms with Crippen molar-refractivity contribution in [3.63, 3.8) is 0 Å². The van der Waals surface area contributed by atoms with E-state index in [1.54, 1.807) is 18.5 Å². The van der Waals surface area contributed by atoms with E-state index in [9.17, 15) is 9.59 Å². The van der Waals surface area contributed by atoms with E-state index in [2.05, 4.69) is 20.6 Å². The number of carbonyl (C=O) groups is 2. The van der Waals surface area contributed by atoms with Crippen molar-refractivity contribution >= 4 is 11.8 Å². The van der Waals surface area contributed by atoms with Crippen LogP contribution in [0.2, 0.25) is 0 Å². The fourth-order valence-electron chi connectivity index (χ4n) is 5.06. The number of aromatic amines is 1. The summed E-state index contributed by atoms with van der Waals surface area (Å²) in [5.74, 6) is -0.260. The van der Waals surface area contributed by atoms with Crippen molar-refractivity contribution in [2.45, 2.75) is 37.3 Å². The van der Waals surface area contributed by atoms with Crippen LogP contribution in [0.4, 0.5) is 0 Å². The van der Waals surface area contributed by atoms with Crippen LogP contribution in [0.25, 0.3) is 0 Å². The van der Waals surface area contributed by atoms with Crippen LogP contribution in [0.15, 0.2) is 67.0 Å². The average Bonchev–Trinajstić information content (AvgIpc) is 3.36. The number of nitrogens with one attached hydrogen (secondary N) is 3. The molecule has 5 rings (SSSR count). The van der Waals surface area contributed by atoms with Crippen molar-refractivity contribution in [2.24, 2.45) is 0 Å². The highest BCUT2D eigenvalue weighted by molar-refractivity contribution is 5.97. The number of H-pyrrole nitrogens is 1. The summed E-state index contributed by atoms with van der Waals surface area (Å²) in [6.45, 7) is 2.17. The fourth-order valence-corrected chi connectivity index (χ4v) is 5.06. The van der Waals surface area contributed by atoms with Crippen molar-refractivity contribution in [3.8, 4) is 0 Å². The highest BCUT2D eigenvalue weighted by atomic mass is 16.2. The summed E-state index contributed by atoms with van der Waals surface area (Å²) in [6.07, 6.45) is 4.79. The molecule has 7 heteroatoms. The molecule has 2 amide bonds. The summed E-state index contributed by atoms with van der Waals surface area (Å²) in [6, 6.07) is 18.3. The molecule has 1 spiro atoms. The van der Waals surface area contributed by atoms with E-state index >= 15 is 0 Å². The van der Waals surface area contributed by atoms with Crippen LogP contribution >= 0.6 is 0 Å². The molecular formula is C26H29N5O2. The predicted octanol–water partition coefficient (Wildman–Crippen LogP) is 2.41. The van der Waals surface area contributed by atoms with E-state index in [0.29, 0.717) is 25.1 Å². The topological polar surface area (TPSA) is 90.1 Å². The molecule has 1 fully saturated rings. The third kappa shape index (κ3) is 4.41. The van der Waals surface area contributed by atoms with E-state index in [-0.39, 0.29) is 17.4 Å². The van der Waals surface area contributed by atoms with Gasteiger partial charge in [0, 0.05) is 43.7 Å². The van der Waals surface area contributed by atoms with Crippen molar-refractivity contribution in [2.75, 3.05) is 19.6 Å². The first-order valence-electron chi connectivity index (χ1n) is 11.6. The Bertz CT molecular complexity index is 1100. The molecule has 1 saturated heterocycles. The number of carbonyl (C=O) groups excluding carboxylic acids is 2. The van der Waals surface area contributed by atoms with Crippen molar-refractivity contribution in [3.05, 3.63) is 89.5 Å². The number of amides is 2. The third-order valence-corrected chi connectivity index (χ3v) is 6.86. The lowest BCUT2D eigenvalue weighted by molar-refractivity contribution is -0.135. The first-order valence-corrected chi connectivity index (χ1v) is 11.6. The summed E-state index contributed by atoms with van der Waals surface area (Å²) in [4.78, 5) is 36.2. The number of rotatable bonds is 5. The highest BCUT2D eigenvalue weighted by Crippen LogP contribution is 2.36. The number of fused-ring (bicyclic) bond motifs is 2. The Morgan fingerprint density at radius 2 is 1.73 bits per heavy atom. The minimum atomic E-state index is -0.616. The van der Waals surface area contributed by atoms with Gasteiger partial charge in [0.1, 0.15) is 6.04 Å². The maximum absolute atomic E-state index is 13.6. The van der Waals surface area contributed by atoms with Gasteiger partial charge in [-0.2, -0.15) is 0 Å². The number of hydrogen-bond acceptors (Lipinski definition) is 4. The van der Waals surface area contributed by atoms with Gasteiger partial charge in [0.25, 0.3) is 5.91 Å². The largest absolute Gasteiger partial charge is 0.348 e. The summed E-state index contributed by atoms with van der Waals surface area (Å²) in [7, 11) is 0. The van der Waals surface area contributed by atoms with Gasteiger partial charge in [0.05, 0.1) is 17.6 Å². The van der Waals surface area contributed by atoms with E-state index in [0.717, 1.165) is 37.1 Å². The molecule has 0 radical (unpaired) electrons. The van der Waals surface area contributed by atoms with Crippen LogP contribution in [0, 0.1) is 0 Å². The monoisotopic (exact) mass is 443 g/mol. The van der Waals surface area contributed by atoms with Gasteiger partial charge in [0.15, 0.2) is 0 Å². The molecule has 3 aromatic rings. The molecule has 33 heavy (non-hydrogen) atoms. The first-order chi connectivity index (χ1) is 16.1. The second kappa shape index (κ2) is 9.19. The number of hydrogen-bond donors (Lipinski definition) is 3. The minimum absolute atomic E-state index is 0.0314. The summed E-state index contributed by atoms with van der Waals surface area (Å²) in [5.41, 5.74) is 3.70. The number of benzene rings is 2. The van der Waals surface area contributed by atoms with Gasteiger partial charge in [-0.3, -0.25) is 9.59 Å². The van der Waals surface area contributed by atoms with E-state index in [1.807, 2.05) is 53.4 Å². The Morgan fingerprint density at radius 3 is 2.45 bits per heavy atom. The van der Waals surface area contributed by atoms with Gasteiger partial charge in [0.2, 0.25) is 5.91 Å². The number of likely N-dealkylation sites (tertiary alicyclic amines) is 1. The van der Waals surface area contributed by atoms with E-state index in [1.165, 1.54) is 5.69 Å². The third-order valence-electron chi connectivity index (χ3n) is 6.86. The normalized spacial score (nSPS) is 17.9. The van der Waals surface area contributed by atoms with Crippen molar-refractivity contribution < 1.29 is 9.59 Å². The molecule has 3 N–H and O–H groups in total. The lowest BCUT2D eigenvalue weighted by Gasteiger charge is -2.44. The molecule has 7 nitrogen and oxygen atoms in total. The molecule has 2 aliphatic rings. The molecule has 170 valence electrons. The van der Waals surface area contributed by atoms with Crippen LogP contribution < -0.4 is 10.6 Å². The smallest absolute Gasteiger partial charge is 0.251 e. The van der Waals surface area contributed by atoms with Crippen LogP contribution in [0.1, 0.15) is 40.2 Å². The summed E-state index contributed by atoms with van der Waals surface area (Å²) >= 11 is 0. The Morgan fingerprint density at radius 1 is 1.03 bits per heavy atom. The molecule has 2 aliphatic heterocycles. The quantitative estimate of drug-likeness (QED) is 0.565. The zero-order valence-electron chi connectivity index (χ0n) is 18.6. The van der Waals surface area contributed by atoms with Crippen molar-refractivity contribution in [1.82, 2.24) is 25.5 Å². The lowest BCUT2D eigenvalue weighted by atomic mass is 9.80. The van der Waals surface area contributed by atoms with Gasteiger partial charge in [-0.1, -0.05) is 48.5 Å². The van der Waals surface area contributed by atoms with Gasteiger partial charge < -0.3 is 20.5 Å². The maximum atomic E-state index is 13.6. The van der Waals surface area contributed by atoms with Gasteiger partial charge >= 0.3 is 0 Å². The second-order valence-corrected chi connectivity index (χ2v) is 8.90. The number of imidazole rings is 1. The zero-order chi connectivity index (χ0) is 22.7. The molecule has 1 aromatic heterocycles. The fraction of sp³-hybridized carbons (Fsp3) is 0.346. The number of piperidine rings is 1. The molecule has 1 unspecified atom stereocenters. The predicted molar refractivity (Wildman–Crippen MR) is 126 cm³/mol. The molecule has 1 atom stereocenters. The summed E-state index contributed by atoms with van der Waals surface area (Å²) in [5, 5.41) is 6.67. The SMILES string of the molecule is O=C(NC(Cc1ccccc1)C(=O)N1CCC2(CC1)NCCc1[nH]cnc12)c1ccccc1. The zero-order valence-corrected chi connectivity index (χ0v) is 18.6. The Labute approximate surface area is 193 Å². The molecule has 0 aliphatic carbocycles. The minimum Gasteiger partial charge on any atom is -0.348 e. The molecule has 0 saturated carbocycles. The van der Waals surface area contributed by atoms with Crippen LogP contribution in [0.3, 0.4) is 0 Å². The first kappa shape index (κ1) is 21.4. The van der Waals surface area contributed by atoms with Crippen LogP contribution in [0.5, 0.6) is 0 Å². The van der Waals surface area contributed by atoms with Gasteiger partial charge in [-0.25, -0.2) is 4.98 Å². The Kier molecular flexibility index (Phi) is 5.96. The Hall–Kier alpha value is -3.45. The molecule has 3 heterocycles. The number of aromatic nitrogens is 2. The van der Waals surface area contributed by atoms with E-state index < -0.39 is 6.04 Å².